The highest BCUT2D eigenvalue weighted by atomic mass is 127. The maximum atomic E-state index is 12.7. The lowest BCUT2D eigenvalue weighted by Crippen LogP contribution is -2.15. The number of rotatable bonds is 4. The summed E-state index contributed by atoms with van der Waals surface area (Å²) in [5.41, 5.74) is 3.33. The fourth-order valence-electron chi connectivity index (χ4n) is 2.78. The molecule has 0 atom stereocenters. The van der Waals surface area contributed by atoms with Gasteiger partial charge < -0.3 is 0 Å². The number of carbonyl (C=O) groups is 1. The summed E-state index contributed by atoms with van der Waals surface area (Å²) in [5.74, 6) is 0.303. The van der Waals surface area contributed by atoms with Gasteiger partial charge in [0.05, 0.1) is 5.69 Å². The number of imidazole rings is 1. The van der Waals surface area contributed by atoms with Gasteiger partial charge in [0.15, 0.2) is 0 Å². The van der Waals surface area contributed by atoms with E-state index < -0.39 is 0 Å². The quantitative estimate of drug-likeness (QED) is 0.411. The predicted octanol–water partition coefficient (Wildman–Crippen LogP) is 5.40. The van der Waals surface area contributed by atoms with E-state index in [9.17, 15) is 4.79 Å². The van der Waals surface area contributed by atoms with Gasteiger partial charge in [-0.25, -0.2) is 4.98 Å². The van der Waals surface area contributed by atoms with Gasteiger partial charge in [-0.2, -0.15) is 0 Å². The minimum atomic E-state index is -0.186. The highest BCUT2D eigenvalue weighted by Gasteiger charge is 2.14. The number of carbonyl (C=O) groups excluding carboxylic acids is 1. The van der Waals surface area contributed by atoms with Crippen molar-refractivity contribution in [2.45, 2.75) is 0 Å². The Hall–Kier alpha value is -2.93. The number of nitrogens with one attached hydrogen (secondary N) is 1. The molecule has 0 aliphatic carbocycles. The van der Waals surface area contributed by atoms with Crippen molar-refractivity contribution in [2.24, 2.45) is 0 Å². The van der Waals surface area contributed by atoms with Crippen LogP contribution in [-0.4, -0.2) is 15.5 Å². The minimum Gasteiger partial charge on any atom is -0.292 e. The van der Waals surface area contributed by atoms with Crippen molar-refractivity contribution < 1.29 is 4.79 Å². The number of amides is 1. The van der Waals surface area contributed by atoms with Crippen LogP contribution in [0.4, 0.5) is 5.95 Å². The van der Waals surface area contributed by atoms with Gasteiger partial charge in [-0.3, -0.25) is 14.7 Å². The van der Waals surface area contributed by atoms with Crippen LogP contribution in [0, 0.1) is 3.57 Å². The van der Waals surface area contributed by atoms with E-state index in [2.05, 4.69) is 32.9 Å². The third kappa shape index (κ3) is 3.93. The molecule has 3 aromatic carbocycles. The first-order chi connectivity index (χ1) is 13.2. The smallest absolute Gasteiger partial charge is 0.257 e. The Bertz CT molecular complexity index is 1060. The summed E-state index contributed by atoms with van der Waals surface area (Å²) in [6.07, 6.45) is 1.94. The van der Waals surface area contributed by atoms with Crippen molar-refractivity contribution in [3.05, 3.63) is 100 Å². The highest BCUT2D eigenvalue weighted by Crippen LogP contribution is 2.24. The molecule has 1 heterocycles. The molecule has 0 aliphatic heterocycles. The molecule has 1 aromatic heterocycles. The maximum Gasteiger partial charge on any atom is 0.257 e. The van der Waals surface area contributed by atoms with Gasteiger partial charge in [0, 0.05) is 26.6 Å². The zero-order chi connectivity index (χ0) is 18.6. The number of halogens is 1. The second-order valence-electron chi connectivity index (χ2n) is 5.98. The molecule has 4 rings (SSSR count). The van der Waals surface area contributed by atoms with Crippen LogP contribution in [0.3, 0.4) is 0 Å². The molecule has 0 fully saturated rings. The molecule has 0 aliphatic rings. The van der Waals surface area contributed by atoms with E-state index in [0.29, 0.717) is 11.5 Å². The average molecular weight is 465 g/mol. The standard InChI is InChI=1S/C22H16IN3O/c23-18-13-11-17(12-14-18)21(27)25-22-24-20(16-7-3-1-4-8-16)15-26(22)19-9-5-2-6-10-19/h1-15H,(H,24,25,27). The van der Waals surface area contributed by atoms with Gasteiger partial charge in [-0.15, -0.1) is 0 Å². The molecule has 0 bridgehead atoms. The van der Waals surface area contributed by atoms with Gasteiger partial charge in [0.25, 0.3) is 5.91 Å². The van der Waals surface area contributed by atoms with Crippen molar-refractivity contribution in [1.82, 2.24) is 9.55 Å². The molecule has 0 spiro atoms. The number of aromatic nitrogens is 2. The first-order valence-corrected chi connectivity index (χ1v) is 9.56. The fraction of sp³-hybridized carbons (Fsp3) is 0. The van der Waals surface area contributed by atoms with Crippen molar-refractivity contribution in [3.63, 3.8) is 0 Å². The summed E-state index contributed by atoms with van der Waals surface area (Å²) in [5, 5.41) is 2.95. The Kier molecular flexibility index (Phi) is 5.02. The van der Waals surface area contributed by atoms with E-state index >= 15 is 0 Å². The summed E-state index contributed by atoms with van der Waals surface area (Å²) >= 11 is 2.22. The Labute approximate surface area is 171 Å². The number of anilines is 1. The number of para-hydroxylation sites is 1. The third-order valence-electron chi connectivity index (χ3n) is 4.14. The summed E-state index contributed by atoms with van der Waals surface area (Å²) in [7, 11) is 0. The molecule has 27 heavy (non-hydrogen) atoms. The first-order valence-electron chi connectivity index (χ1n) is 8.48. The zero-order valence-electron chi connectivity index (χ0n) is 14.3. The second-order valence-corrected chi connectivity index (χ2v) is 7.23. The molecule has 4 aromatic rings. The monoisotopic (exact) mass is 465 g/mol. The lowest BCUT2D eigenvalue weighted by Gasteiger charge is -2.09. The van der Waals surface area contributed by atoms with Crippen LogP contribution in [0.15, 0.2) is 91.1 Å². The molecular weight excluding hydrogens is 449 g/mol. The van der Waals surface area contributed by atoms with E-state index in [4.69, 9.17) is 0 Å². The second kappa shape index (κ2) is 7.75. The molecule has 1 N–H and O–H groups in total. The van der Waals surface area contributed by atoms with Crippen LogP contribution in [-0.2, 0) is 0 Å². The summed E-state index contributed by atoms with van der Waals surface area (Å²) in [6.45, 7) is 0. The molecule has 0 saturated carbocycles. The van der Waals surface area contributed by atoms with E-state index in [1.807, 2.05) is 95.7 Å². The molecule has 4 nitrogen and oxygen atoms in total. The van der Waals surface area contributed by atoms with Crippen LogP contribution in [0.2, 0.25) is 0 Å². The lowest BCUT2D eigenvalue weighted by molar-refractivity contribution is 0.102. The molecular formula is C22H16IN3O. The SMILES string of the molecule is O=C(Nc1nc(-c2ccccc2)cn1-c1ccccc1)c1ccc(I)cc1. The van der Waals surface area contributed by atoms with E-state index in [0.717, 1.165) is 20.5 Å². The Balaban J connectivity index is 1.73. The predicted molar refractivity (Wildman–Crippen MR) is 116 cm³/mol. The molecule has 0 radical (unpaired) electrons. The van der Waals surface area contributed by atoms with Gasteiger partial charge in [0.1, 0.15) is 0 Å². The normalized spacial score (nSPS) is 10.6. The van der Waals surface area contributed by atoms with Crippen molar-refractivity contribution >= 4 is 34.4 Å². The topological polar surface area (TPSA) is 46.9 Å². The van der Waals surface area contributed by atoms with E-state index in [-0.39, 0.29) is 5.91 Å². The Morgan fingerprint density at radius 3 is 2.15 bits per heavy atom. The fourth-order valence-corrected chi connectivity index (χ4v) is 3.14. The van der Waals surface area contributed by atoms with Crippen molar-refractivity contribution in [1.29, 1.82) is 0 Å². The van der Waals surface area contributed by atoms with Crippen LogP contribution >= 0.6 is 22.6 Å². The Morgan fingerprint density at radius 1 is 0.852 bits per heavy atom. The summed E-state index contributed by atoms with van der Waals surface area (Å²) in [6, 6.07) is 27.2. The highest BCUT2D eigenvalue weighted by molar-refractivity contribution is 14.1. The maximum absolute atomic E-state index is 12.7. The first kappa shape index (κ1) is 17.5. The number of benzene rings is 3. The van der Waals surface area contributed by atoms with Gasteiger partial charge in [0.2, 0.25) is 5.95 Å². The minimum absolute atomic E-state index is 0.186. The van der Waals surface area contributed by atoms with Gasteiger partial charge >= 0.3 is 0 Å². The molecule has 5 heteroatoms. The number of hydrogen-bond acceptors (Lipinski definition) is 2. The van der Waals surface area contributed by atoms with Crippen LogP contribution in [0.25, 0.3) is 16.9 Å². The van der Waals surface area contributed by atoms with Crippen molar-refractivity contribution in [3.8, 4) is 16.9 Å². The average Bonchev–Trinajstić information content (AvgIpc) is 3.13. The van der Waals surface area contributed by atoms with E-state index in [1.165, 1.54) is 0 Å². The molecule has 1 amide bonds. The summed E-state index contributed by atoms with van der Waals surface area (Å²) < 4.78 is 2.98. The molecule has 0 saturated heterocycles. The molecule has 132 valence electrons. The van der Waals surface area contributed by atoms with Crippen LogP contribution in [0.5, 0.6) is 0 Å². The van der Waals surface area contributed by atoms with Gasteiger partial charge in [-0.05, 0) is 59.0 Å². The van der Waals surface area contributed by atoms with Crippen LogP contribution < -0.4 is 5.32 Å². The Morgan fingerprint density at radius 2 is 1.48 bits per heavy atom. The number of hydrogen-bond donors (Lipinski definition) is 1. The lowest BCUT2D eigenvalue weighted by atomic mass is 10.2. The van der Waals surface area contributed by atoms with Crippen LogP contribution in [0.1, 0.15) is 10.4 Å². The van der Waals surface area contributed by atoms with Gasteiger partial charge in [-0.1, -0.05) is 48.5 Å². The summed E-state index contributed by atoms with van der Waals surface area (Å²) in [4.78, 5) is 17.4. The largest absolute Gasteiger partial charge is 0.292 e. The van der Waals surface area contributed by atoms with Crippen molar-refractivity contribution in [2.75, 3.05) is 5.32 Å². The van der Waals surface area contributed by atoms with E-state index in [1.54, 1.807) is 0 Å². The molecule has 0 unspecified atom stereocenters. The third-order valence-corrected chi connectivity index (χ3v) is 4.86. The zero-order valence-corrected chi connectivity index (χ0v) is 16.5. The number of nitrogens with zero attached hydrogens (tertiary/aromatic N) is 2.